The van der Waals surface area contributed by atoms with Gasteiger partial charge in [0.2, 0.25) is 0 Å². The van der Waals surface area contributed by atoms with Crippen molar-refractivity contribution in [3.63, 3.8) is 0 Å². The molecule has 0 saturated heterocycles. The summed E-state index contributed by atoms with van der Waals surface area (Å²) in [6.07, 6.45) is 1.82. The highest BCUT2D eigenvalue weighted by Crippen LogP contribution is 2.49. The van der Waals surface area contributed by atoms with E-state index in [1.807, 2.05) is 19.1 Å². The highest BCUT2D eigenvalue weighted by Gasteiger charge is 2.45. The van der Waals surface area contributed by atoms with Crippen molar-refractivity contribution >= 4 is 39.8 Å². The summed E-state index contributed by atoms with van der Waals surface area (Å²) >= 11 is 0. The van der Waals surface area contributed by atoms with Crippen LogP contribution in [0.1, 0.15) is 46.1 Å². The van der Waals surface area contributed by atoms with Gasteiger partial charge < -0.3 is 10.6 Å². The van der Waals surface area contributed by atoms with Gasteiger partial charge in [-0.05, 0) is 52.2 Å². The molecule has 1 aliphatic carbocycles. The van der Waals surface area contributed by atoms with Crippen molar-refractivity contribution in [2.75, 3.05) is 25.4 Å². The second kappa shape index (κ2) is 9.54. The van der Waals surface area contributed by atoms with Crippen molar-refractivity contribution in [3.05, 3.63) is 35.6 Å². The molecule has 0 atom stereocenters. The minimum atomic E-state index is -3.18. The largest absolute Gasteiger partial charge is 0.357 e. The monoisotopic (exact) mass is 511 g/mol. The van der Waals surface area contributed by atoms with E-state index in [0.29, 0.717) is 19.0 Å². The van der Waals surface area contributed by atoms with Gasteiger partial charge in [-0.15, -0.1) is 24.0 Å². The van der Waals surface area contributed by atoms with Crippen molar-refractivity contribution in [3.8, 4) is 0 Å². The van der Waals surface area contributed by atoms with Crippen LogP contribution < -0.4 is 10.6 Å². The molecule has 154 valence electrons. The van der Waals surface area contributed by atoms with Gasteiger partial charge in [0.15, 0.2) is 15.8 Å². The van der Waals surface area contributed by atoms with Gasteiger partial charge in [0, 0.05) is 18.5 Å². The van der Waals surface area contributed by atoms with E-state index < -0.39 is 14.6 Å². The molecular formula is C19H31FIN3O2S. The number of halogens is 2. The number of guanidine groups is 1. The molecule has 1 aromatic carbocycles. The van der Waals surface area contributed by atoms with E-state index >= 15 is 0 Å². The molecule has 0 aliphatic heterocycles. The lowest BCUT2D eigenvalue weighted by atomic mass is 9.95. The van der Waals surface area contributed by atoms with Crippen molar-refractivity contribution < 1.29 is 12.8 Å². The smallest absolute Gasteiger partial charge is 0.191 e. The topological polar surface area (TPSA) is 70.6 Å². The summed E-state index contributed by atoms with van der Waals surface area (Å²) < 4.78 is 37.7. The molecule has 0 unspecified atom stereocenters. The summed E-state index contributed by atoms with van der Waals surface area (Å²) in [6.45, 7) is 8.50. The molecule has 0 heterocycles. The standard InChI is InChI=1S/C19H30FN3O2S.HI/c1-5-21-17(22-12-13-26(24,25)18(2,3)4)23-14-19(10-11-19)15-8-6-7-9-16(15)20;/h6-9H,5,10-14H2,1-4H3,(H2,21,22,23);1H. The Balaban J connectivity index is 0.00000364. The number of benzene rings is 1. The zero-order chi connectivity index (χ0) is 19.4. The van der Waals surface area contributed by atoms with Crippen LogP contribution in [0.15, 0.2) is 29.3 Å². The molecule has 0 aromatic heterocycles. The lowest BCUT2D eigenvalue weighted by molar-refractivity contribution is 0.558. The summed E-state index contributed by atoms with van der Waals surface area (Å²) in [5.74, 6) is 0.424. The molecule has 0 radical (unpaired) electrons. The quantitative estimate of drug-likeness (QED) is 0.335. The summed E-state index contributed by atoms with van der Waals surface area (Å²) in [4.78, 5) is 4.58. The minimum absolute atomic E-state index is 0. The second-order valence-electron chi connectivity index (χ2n) is 7.81. The average Bonchev–Trinajstić information content (AvgIpc) is 3.33. The van der Waals surface area contributed by atoms with E-state index in [4.69, 9.17) is 0 Å². The van der Waals surface area contributed by atoms with Gasteiger partial charge in [-0.3, -0.25) is 4.99 Å². The first-order chi connectivity index (χ1) is 12.1. The number of rotatable bonds is 7. The van der Waals surface area contributed by atoms with Crippen LogP contribution in [0.5, 0.6) is 0 Å². The molecule has 0 bridgehead atoms. The molecule has 1 fully saturated rings. The third kappa shape index (κ3) is 6.30. The van der Waals surface area contributed by atoms with Crippen LogP contribution in [0, 0.1) is 5.82 Å². The van der Waals surface area contributed by atoms with E-state index in [1.54, 1.807) is 26.8 Å². The maximum atomic E-state index is 14.1. The Morgan fingerprint density at radius 2 is 1.85 bits per heavy atom. The molecule has 0 amide bonds. The fraction of sp³-hybridized carbons (Fsp3) is 0.632. The zero-order valence-corrected chi connectivity index (χ0v) is 19.7. The van der Waals surface area contributed by atoms with Crippen LogP contribution in [-0.2, 0) is 15.3 Å². The Hall–Kier alpha value is -0.900. The predicted octanol–water partition coefficient (Wildman–Crippen LogP) is 3.24. The maximum absolute atomic E-state index is 14.1. The summed E-state index contributed by atoms with van der Waals surface area (Å²) in [6, 6.07) is 6.86. The molecule has 0 spiro atoms. The van der Waals surface area contributed by atoms with E-state index in [1.165, 1.54) is 6.07 Å². The Bertz CT molecular complexity index is 756. The Kier molecular flexibility index (Phi) is 8.53. The van der Waals surface area contributed by atoms with Crippen molar-refractivity contribution in [1.82, 2.24) is 10.6 Å². The first kappa shape index (κ1) is 24.1. The van der Waals surface area contributed by atoms with E-state index in [2.05, 4.69) is 15.6 Å². The molecular weight excluding hydrogens is 480 g/mol. The number of nitrogens with zero attached hydrogens (tertiary/aromatic N) is 1. The van der Waals surface area contributed by atoms with Crippen LogP contribution in [0.25, 0.3) is 0 Å². The van der Waals surface area contributed by atoms with Crippen molar-refractivity contribution in [1.29, 1.82) is 0 Å². The predicted molar refractivity (Wildman–Crippen MR) is 120 cm³/mol. The van der Waals surface area contributed by atoms with Gasteiger partial charge in [-0.25, -0.2) is 12.8 Å². The van der Waals surface area contributed by atoms with Gasteiger partial charge >= 0.3 is 0 Å². The number of nitrogens with one attached hydrogen (secondary N) is 2. The summed E-state index contributed by atoms with van der Waals surface area (Å²) in [5, 5.41) is 6.21. The molecule has 1 aromatic rings. The van der Waals surface area contributed by atoms with Gasteiger partial charge in [0.05, 0.1) is 17.0 Å². The normalized spacial score (nSPS) is 16.4. The van der Waals surface area contributed by atoms with Crippen LogP contribution in [0.4, 0.5) is 4.39 Å². The minimum Gasteiger partial charge on any atom is -0.357 e. The zero-order valence-electron chi connectivity index (χ0n) is 16.5. The Morgan fingerprint density at radius 1 is 1.22 bits per heavy atom. The number of hydrogen-bond donors (Lipinski definition) is 2. The van der Waals surface area contributed by atoms with Gasteiger partial charge in [-0.2, -0.15) is 0 Å². The number of hydrogen-bond acceptors (Lipinski definition) is 3. The summed E-state index contributed by atoms with van der Waals surface area (Å²) in [5.41, 5.74) is 0.487. The van der Waals surface area contributed by atoms with Crippen molar-refractivity contribution in [2.24, 2.45) is 4.99 Å². The van der Waals surface area contributed by atoms with Crippen LogP contribution >= 0.6 is 24.0 Å². The number of aliphatic imine (C=N–C) groups is 1. The van der Waals surface area contributed by atoms with Gasteiger partial charge in [0.1, 0.15) is 5.82 Å². The van der Waals surface area contributed by atoms with Crippen LogP contribution in [0.3, 0.4) is 0 Å². The van der Waals surface area contributed by atoms with Crippen LogP contribution in [-0.4, -0.2) is 44.5 Å². The summed E-state index contributed by atoms with van der Waals surface area (Å²) in [7, 11) is -3.18. The molecule has 1 aliphatic rings. The third-order valence-corrected chi connectivity index (χ3v) is 7.39. The second-order valence-corrected chi connectivity index (χ2v) is 10.7. The fourth-order valence-corrected chi connectivity index (χ4v) is 3.72. The first-order valence-electron chi connectivity index (χ1n) is 9.11. The third-order valence-electron chi connectivity index (χ3n) is 4.78. The van der Waals surface area contributed by atoms with Gasteiger partial charge in [0.25, 0.3) is 0 Å². The molecule has 1 saturated carbocycles. The maximum Gasteiger partial charge on any atom is 0.191 e. The van der Waals surface area contributed by atoms with E-state index in [-0.39, 0.29) is 47.5 Å². The fourth-order valence-electron chi connectivity index (χ4n) is 2.74. The first-order valence-corrected chi connectivity index (χ1v) is 10.8. The number of sulfone groups is 1. The molecule has 5 nitrogen and oxygen atoms in total. The molecule has 8 heteroatoms. The SMILES string of the molecule is CCNC(=NCC1(c2ccccc2F)CC1)NCCS(=O)(=O)C(C)(C)C.I. The lowest BCUT2D eigenvalue weighted by Crippen LogP contribution is -2.42. The van der Waals surface area contributed by atoms with E-state index in [0.717, 1.165) is 18.4 Å². The Labute approximate surface area is 179 Å². The highest BCUT2D eigenvalue weighted by atomic mass is 127. The lowest BCUT2D eigenvalue weighted by Gasteiger charge is -2.20. The average molecular weight is 511 g/mol. The molecule has 2 rings (SSSR count). The van der Waals surface area contributed by atoms with E-state index in [9.17, 15) is 12.8 Å². The molecule has 2 N–H and O–H groups in total. The highest BCUT2D eigenvalue weighted by molar-refractivity contribution is 14.0. The van der Waals surface area contributed by atoms with Crippen LogP contribution in [0.2, 0.25) is 0 Å². The Morgan fingerprint density at radius 3 is 2.37 bits per heavy atom. The molecule has 27 heavy (non-hydrogen) atoms. The van der Waals surface area contributed by atoms with Gasteiger partial charge in [-0.1, -0.05) is 18.2 Å². The van der Waals surface area contributed by atoms with Crippen molar-refractivity contribution in [2.45, 2.75) is 50.7 Å².